The van der Waals surface area contributed by atoms with Crippen molar-refractivity contribution in [2.75, 3.05) is 14.1 Å². The lowest BCUT2D eigenvalue weighted by Gasteiger charge is -2.11. The van der Waals surface area contributed by atoms with Gasteiger partial charge in [-0.1, -0.05) is 35.3 Å². The van der Waals surface area contributed by atoms with Crippen LogP contribution in [-0.2, 0) is 6.61 Å². The second kappa shape index (κ2) is 6.83. The number of halogens is 2. The number of hydrogen-bond donors (Lipinski definition) is 0. The van der Waals surface area contributed by atoms with Crippen LogP contribution in [0.1, 0.15) is 15.9 Å². The van der Waals surface area contributed by atoms with Gasteiger partial charge < -0.3 is 9.64 Å². The second-order valence-electron chi connectivity index (χ2n) is 4.76. The van der Waals surface area contributed by atoms with Gasteiger partial charge in [-0.3, -0.25) is 4.79 Å². The predicted molar refractivity (Wildman–Crippen MR) is 85.3 cm³/mol. The molecule has 0 saturated heterocycles. The third-order valence-electron chi connectivity index (χ3n) is 2.89. The van der Waals surface area contributed by atoms with Gasteiger partial charge in [-0.05, 0) is 29.8 Å². The molecule has 0 N–H and O–H groups in total. The van der Waals surface area contributed by atoms with Crippen LogP contribution >= 0.6 is 23.2 Å². The van der Waals surface area contributed by atoms with E-state index in [1.807, 2.05) is 12.1 Å². The van der Waals surface area contributed by atoms with Gasteiger partial charge in [-0.25, -0.2) is 0 Å². The molecular weight excluding hydrogens is 309 g/mol. The molecule has 0 aliphatic rings. The Hall–Kier alpha value is -1.71. The zero-order valence-electron chi connectivity index (χ0n) is 11.8. The Morgan fingerprint density at radius 2 is 1.76 bits per heavy atom. The fourth-order valence-electron chi connectivity index (χ4n) is 1.75. The summed E-state index contributed by atoms with van der Waals surface area (Å²) in [6.45, 7) is 0.358. The minimum Gasteiger partial charge on any atom is -0.487 e. The lowest BCUT2D eigenvalue weighted by Crippen LogP contribution is -2.21. The van der Waals surface area contributed by atoms with E-state index in [2.05, 4.69) is 0 Å². The summed E-state index contributed by atoms with van der Waals surface area (Å²) in [5.41, 5.74) is 1.59. The number of nitrogens with zero attached hydrogens (tertiary/aromatic N) is 1. The highest BCUT2D eigenvalue weighted by atomic mass is 35.5. The molecule has 2 aromatic rings. The van der Waals surface area contributed by atoms with Gasteiger partial charge in [0.25, 0.3) is 5.91 Å². The maximum absolute atomic E-state index is 11.8. The molecule has 0 radical (unpaired) electrons. The predicted octanol–water partition coefficient (Wildman–Crippen LogP) is 4.27. The Kier molecular flexibility index (Phi) is 5.10. The summed E-state index contributed by atoms with van der Waals surface area (Å²) in [6.07, 6.45) is 0. The summed E-state index contributed by atoms with van der Waals surface area (Å²) in [4.78, 5) is 13.3. The van der Waals surface area contributed by atoms with Gasteiger partial charge in [-0.15, -0.1) is 0 Å². The first-order chi connectivity index (χ1) is 9.97. The first-order valence-electron chi connectivity index (χ1n) is 6.36. The van der Waals surface area contributed by atoms with Crippen molar-refractivity contribution in [1.29, 1.82) is 0 Å². The van der Waals surface area contributed by atoms with Crippen molar-refractivity contribution < 1.29 is 9.53 Å². The average Bonchev–Trinajstić information content (AvgIpc) is 2.48. The smallest absolute Gasteiger partial charge is 0.253 e. The van der Waals surface area contributed by atoms with Crippen molar-refractivity contribution in [2.45, 2.75) is 6.61 Å². The Morgan fingerprint density at radius 1 is 1.10 bits per heavy atom. The average molecular weight is 324 g/mol. The van der Waals surface area contributed by atoms with Gasteiger partial charge in [0.2, 0.25) is 0 Å². The highest BCUT2D eigenvalue weighted by Crippen LogP contribution is 2.28. The van der Waals surface area contributed by atoms with Crippen LogP contribution in [0.25, 0.3) is 0 Å². The van der Waals surface area contributed by atoms with Gasteiger partial charge >= 0.3 is 0 Å². The van der Waals surface area contributed by atoms with Crippen molar-refractivity contribution in [1.82, 2.24) is 4.90 Å². The molecule has 0 bridgehead atoms. The molecule has 0 fully saturated rings. The molecule has 110 valence electrons. The van der Waals surface area contributed by atoms with Gasteiger partial charge in [0.05, 0.1) is 5.02 Å². The van der Waals surface area contributed by atoms with Crippen LogP contribution in [-0.4, -0.2) is 24.9 Å². The third-order valence-corrected chi connectivity index (χ3v) is 3.44. The summed E-state index contributed by atoms with van der Waals surface area (Å²) in [6, 6.07) is 12.3. The van der Waals surface area contributed by atoms with Gasteiger partial charge in [0.15, 0.2) is 0 Å². The lowest BCUT2D eigenvalue weighted by atomic mass is 10.1. The van der Waals surface area contributed by atoms with E-state index in [1.165, 1.54) is 4.90 Å². The monoisotopic (exact) mass is 323 g/mol. The zero-order valence-corrected chi connectivity index (χ0v) is 13.3. The zero-order chi connectivity index (χ0) is 15.4. The quantitative estimate of drug-likeness (QED) is 0.840. The summed E-state index contributed by atoms with van der Waals surface area (Å²) in [7, 11) is 3.45. The number of benzene rings is 2. The van der Waals surface area contributed by atoms with E-state index in [0.29, 0.717) is 28.0 Å². The van der Waals surface area contributed by atoms with Crippen molar-refractivity contribution >= 4 is 29.1 Å². The second-order valence-corrected chi connectivity index (χ2v) is 5.60. The molecule has 2 aromatic carbocycles. The lowest BCUT2D eigenvalue weighted by molar-refractivity contribution is 0.0827. The van der Waals surface area contributed by atoms with Gasteiger partial charge in [0.1, 0.15) is 12.4 Å². The van der Waals surface area contributed by atoms with E-state index >= 15 is 0 Å². The number of carbonyl (C=O) groups excluding carboxylic acids is 1. The molecule has 0 saturated carbocycles. The molecule has 3 nitrogen and oxygen atoms in total. The van der Waals surface area contributed by atoms with Crippen molar-refractivity contribution in [3.05, 3.63) is 63.6 Å². The molecule has 0 aromatic heterocycles. The Balaban J connectivity index is 2.04. The summed E-state index contributed by atoms with van der Waals surface area (Å²) >= 11 is 11.9. The summed E-state index contributed by atoms with van der Waals surface area (Å²) < 4.78 is 5.64. The molecular formula is C16H15Cl2NO2. The largest absolute Gasteiger partial charge is 0.487 e. The number of hydrogen-bond acceptors (Lipinski definition) is 2. The molecule has 1 amide bonds. The summed E-state index contributed by atoms with van der Waals surface area (Å²) in [5.74, 6) is 0.512. The van der Waals surface area contributed by atoms with Crippen LogP contribution in [0, 0.1) is 0 Å². The first kappa shape index (κ1) is 15.7. The molecule has 0 aliphatic carbocycles. The first-order valence-corrected chi connectivity index (χ1v) is 7.11. The van der Waals surface area contributed by atoms with E-state index in [-0.39, 0.29) is 5.91 Å². The van der Waals surface area contributed by atoms with E-state index in [9.17, 15) is 4.79 Å². The SMILES string of the molecule is CN(C)C(=O)c1ccc(COc2cc(Cl)ccc2Cl)cc1. The highest BCUT2D eigenvalue weighted by molar-refractivity contribution is 6.34. The number of amides is 1. The van der Waals surface area contributed by atoms with Crippen molar-refractivity contribution in [3.8, 4) is 5.75 Å². The topological polar surface area (TPSA) is 29.5 Å². The molecule has 0 spiro atoms. The highest BCUT2D eigenvalue weighted by Gasteiger charge is 2.08. The third kappa shape index (κ3) is 4.13. The van der Waals surface area contributed by atoms with Crippen LogP contribution in [0.4, 0.5) is 0 Å². The minimum absolute atomic E-state index is 0.0274. The van der Waals surface area contributed by atoms with E-state index in [0.717, 1.165) is 5.56 Å². The Labute approximate surface area is 134 Å². The van der Waals surface area contributed by atoms with Crippen molar-refractivity contribution in [3.63, 3.8) is 0 Å². The fraction of sp³-hybridized carbons (Fsp3) is 0.188. The molecule has 0 unspecified atom stereocenters. The van der Waals surface area contributed by atoms with Crippen LogP contribution < -0.4 is 4.74 Å². The molecule has 21 heavy (non-hydrogen) atoms. The van der Waals surface area contributed by atoms with E-state index in [4.69, 9.17) is 27.9 Å². The molecule has 2 rings (SSSR count). The van der Waals surface area contributed by atoms with Crippen LogP contribution in [0.2, 0.25) is 10.0 Å². The number of rotatable bonds is 4. The maximum atomic E-state index is 11.8. The molecule has 0 atom stereocenters. The number of ether oxygens (including phenoxy) is 1. The fourth-order valence-corrected chi connectivity index (χ4v) is 2.08. The number of carbonyl (C=O) groups is 1. The maximum Gasteiger partial charge on any atom is 0.253 e. The van der Waals surface area contributed by atoms with Gasteiger partial charge in [-0.2, -0.15) is 0 Å². The van der Waals surface area contributed by atoms with Crippen LogP contribution in [0.15, 0.2) is 42.5 Å². The standard InChI is InChI=1S/C16H15Cl2NO2/c1-19(2)16(20)12-5-3-11(4-6-12)10-21-15-9-13(17)7-8-14(15)18/h3-9H,10H2,1-2H3. The molecule has 0 aliphatic heterocycles. The van der Waals surface area contributed by atoms with Crippen molar-refractivity contribution in [2.24, 2.45) is 0 Å². The van der Waals surface area contributed by atoms with Crippen LogP contribution in [0.3, 0.4) is 0 Å². The van der Waals surface area contributed by atoms with Gasteiger partial charge in [0, 0.05) is 30.7 Å². The Bertz CT molecular complexity index is 639. The molecule has 5 heteroatoms. The normalized spacial score (nSPS) is 10.3. The van der Waals surface area contributed by atoms with E-state index < -0.39 is 0 Å². The van der Waals surface area contributed by atoms with E-state index in [1.54, 1.807) is 44.4 Å². The molecule has 0 heterocycles. The van der Waals surface area contributed by atoms with Crippen LogP contribution in [0.5, 0.6) is 5.75 Å². The summed E-state index contributed by atoms with van der Waals surface area (Å²) in [5, 5.41) is 1.08. The minimum atomic E-state index is -0.0274. The Morgan fingerprint density at radius 3 is 2.38 bits per heavy atom.